The summed E-state index contributed by atoms with van der Waals surface area (Å²) in [7, 11) is 0. The number of rotatable bonds is 4. The summed E-state index contributed by atoms with van der Waals surface area (Å²) >= 11 is 0. The number of piperidine rings is 1. The van der Waals surface area contributed by atoms with Crippen LogP contribution in [0.25, 0.3) is 0 Å². The van der Waals surface area contributed by atoms with Crippen LogP contribution in [0.3, 0.4) is 0 Å². The van der Waals surface area contributed by atoms with Gasteiger partial charge >= 0.3 is 0 Å². The summed E-state index contributed by atoms with van der Waals surface area (Å²) in [6.45, 7) is 2.72. The highest BCUT2D eigenvalue weighted by Gasteiger charge is 2.40. The van der Waals surface area contributed by atoms with Gasteiger partial charge in [0.2, 0.25) is 11.8 Å². The van der Waals surface area contributed by atoms with Crippen molar-refractivity contribution in [2.75, 3.05) is 32.7 Å². The second-order valence-electron chi connectivity index (χ2n) is 10.4. The first-order valence-corrected chi connectivity index (χ1v) is 13.2. The third kappa shape index (κ3) is 5.21. The predicted molar refractivity (Wildman–Crippen MR) is 129 cm³/mol. The summed E-state index contributed by atoms with van der Waals surface area (Å²) in [5.41, 5.74) is 6.80. The third-order valence-electron chi connectivity index (χ3n) is 8.21. The molecule has 35 heavy (non-hydrogen) atoms. The van der Waals surface area contributed by atoms with Gasteiger partial charge in [0, 0.05) is 44.2 Å². The maximum Gasteiger partial charge on any atom is 0.256 e. The summed E-state index contributed by atoms with van der Waals surface area (Å²) < 4.78 is 14.7. The fourth-order valence-electron chi connectivity index (χ4n) is 6.18. The lowest BCUT2D eigenvalue weighted by Crippen LogP contribution is -2.67. The molecule has 3 aliphatic heterocycles. The largest absolute Gasteiger partial charge is 0.339 e. The van der Waals surface area contributed by atoms with Crippen LogP contribution in [0, 0.1) is 17.7 Å². The lowest BCUT2D eigenvalue weighted by Gasteiger charge is -2.41. The van der Waals surface area contributed by atoms with Crippen molar-refractivity contribution in [1.82, 2.24) is 26.0 Å². The normalized spacial score (nSPS) is 27.8. The molecule has 4 fully saturated rings. The highest BCUT2D eigenvalue weighted by Crippen LogP contribution is 2.27. The second-order valence-corrected chi connectivity index (χ2v) is 10.4. The average Bonchev–Trinajstić information content (AvgIpc) is 2.91. The van der Waals surface area contributed by atoms with Crippen molar-refractivity contribution in [1.29, 1.82) is 0 Å². The van der Waals surface area contributed by atoms with Gasteiger partial charge in [0.25, 0.3) is 5.91 Å². The van der Waals surface area contributed by atoms with E-state index in [1.165, 1.54) is 12.5 Å². The van der Waals surface area contributed by atoms with Crippen molar-refractivity contribution in [3.05, 3.63) is 35.1 Å². The van der Waals surface area contributed by atoms with Gasteiger partial charge in [-0.2, -0.15) is 0 Å². The van der Waals surface area contributed by atoms with Crippen molar-refractivity contribution in [3.8, 4) is 0 Å². The first kappa shape index (κ1) is 24.2. The molecule has 3 amide bonds. The van der Waals surface area contributed by atoms with Gasteiger partial charge < -0.3 is 15.1 Å². The molecule has 0 spiro atoms. The fraction of sp³-hybridized carbons (Fsp3) is 0.654. The number of carbonyl (C=O) groups is 3. The van der Waals surface area contributed by atoms with Crippen molar-refractivity contribution in [2.45, 2.75) is 63.5 Å². The average molecular weight is 486 g/mol. The Morgan fingerprint density at radius 1 is 0.971 bits per heavy atom. The van der Waals surface area contributed by atoms with E-state index in [0.29, 0.717) is 32.6 Å². The minimum atomic E-state index is -0.530. The summed E-state index contributed by atoms with van der Waals surface area (Å²) in [6.07, 6.45) is 7.76. The quantitative estimate of drug-likeness (QED) is 0.603. The molecular weight excluding hydrogens is 449 g/mol. The van der Waals surface area contributed by atoms with Gasteiger partial charge in [-0.1, -0.05) is 25.3 Å². The van der Waals surface area contributed by atoms with Crippen molar-refractivity contribution in [2.24, 2.45) is 11.8 Å². The number of amides is 3. The van der Waals surface area contributed by atoms with Gasteiger partial charge in [0.15, 0.2) is 0 Å². The van der Waals surface area contributed by atoms with E-state index < -0.39 is 5.82 Å². The first-order valence-electron chi connectivity index (χ1n) is 13.2. The topological polar surface area (TPSA) is 93.8 Å². The molecule has 0 bridgehead atoms. The number of piperazine rings is 1. The maximum atomic E-state index is 14.7. The number of carbonyl (C=O) groups excluding carboxylic acids is 3. The molecule has 1 aromatic rings. The molecule has 1 aliphatic carbocycles. The third-order valence-corrected chi connectivity index (χ3v) is 8.21. The molecule has 3 saturated heterocycles. The Bertz CT molecular complexity index is 958. The Hall–Kier alpha value is -2.52. The number of nitrogens with one attached hydrogen (secondary N) is 3. The minimum absolute atomic E-state index is 0.00883. The Morgan fingerprint density at radius 2 is 1.71 bits per heavy atom. The minimum Gasteiger partial charge on any atom is -0.339 e. The van der Waals surface area contributed by atoms with Crippen LogP contribution >= 0.6 is 0 Å². The highest BCUT2D eigenvalue weighted by atomic mass is 19.1. The van der Waals surface area contributed by atoms with Crippen molar-refractivity contribution >= 4 is 17.7 Å². The lowest BCUT2D eigenvalue weighted by atomic mass is 9.82. The van der Waals surface area contributed by atoms with Gasteiger partial charge in [-0.3, -0.25) is 19.8 Å². The van der Waals surface area contributed by atoms with E-state index in [9.17, 15) is 18.8 Å². The number of benzene rings is 1. The summed E-state index contributed by atoms with van der Waals surface area (Å²) in [6, 6.07) is 4.69. The van der Waals surface area contributed by atoms with Gasteiger partial charge in [0.05, 0.1) is 11.5 Å². The molecular formula is C26H36FN5O3. The van der Waals surface area contributed by atoms with Crippen LogP contribution in [0.2, 0.25) is 0 Å². The summed E-state index contributed by atoms with van der Waals surface area (Å²) in [5.74, 6) is -0.590. The van der Waals surface area contributed by atoms with Gasteiger partial charge in [-0.15, -0.1) is 0 Å². The Kier molecular flexibility index (Phi) is 7.34. The molecule has 3 unspecified atom stereocenters. The number of fused-ring (bicyclic) bond motifs is 1. The van der Waals surface area contributed by atoms with E-state index in [1.807, 2.05) is 4.90 Å². The lowest BCUT2D eigenvalue weighted by molar-refractivity contribution is -0.138. The summed E-state index contributed by atoms with van der Waals surface area (Å²) in [5, 5.41) is 3.45. The molecule has 0 aromatic heterocycles. The van der Waals surface area contributed by atoms with Crippen LogP contribution in [0.5, 0.6) is 0 Å². The molecule has 1 saturated carbocycles. The number of hydrogen-bond acceptors (Lipinski definition) is 5. The summed E-state index contributed by atoms with van der Waals surface area (Å²) in [4.78, 5) is 41.8. The Balaban J connectivity index is 1.21. The van der Waals surface area contributed by atoms with Crippen LogP contribution in [-0.4, -0.2) is 72.3 Å². The predicted octanol–water partition coefficient (Wildman–Crippen LogP) is 1.60. The van der Waals surface area contributed by atoms with Crippen molar-refractivity contribution in [3.63, 3.8) is 0 Å². The maximum absolute atomic E-state index is 14.7. The zero-order valence-electron chi connectivity index (χ0n) is 20.2. The first-order chi connectivity index (χ1) is 17.0. The molecule has 3 N–H and O–H groups in total. The Morgan fingerprint density at radius 3 is 2.49 bits per heavy atom. The molecule has 3 heterocycles. The zero-order chi connectivity index (χ0) is 24.4. The standard InChI is InChI=1S/C26H36FN5O3/c27-21-9-8-17(16-22-23-19(7-4-10-28-23)24(33)30-29-22)15-20(21)26(35)32-13-11-31(12-14-32)25(34)18-5-2-1-3-6-18/h8-9,15,18-19,22-23,28-29H,1-7,10-14,16H2,(H,30,33). The van der Waals surface area contributed by atoms with E-state index in [4.69, 9.17) is 0 Å². The van der Waals surface area contributed by atoms with E-state index in [1.54, 1.807) is 17.0 Å². The molecule has 8 nitrogen and oxygen atoms in total. The SMILES string of the molecule is O=C1NNC(Cc2ccc(F)c(C(=O)N3CCN(C(=O)C4CCCCC4)CC3)c2)C2NCCCC12. The van der Waals surface area contributed by atoms with Crippen LogP contribution in [0.4, 0.5) is 4.39 Å². The van der Waals surface area contributed by atoms with Crippen LogP contribution in [0.1, 0.15) is 60.9 Å². The fourth-order valence-corrected chi connectivity index (χ4v) is 6.18. The van der Waals surface area contributed by atoms with E-state index in [-0.39, 0.29) is 47.2 Å². The molecule has 5 rings (SSSR count). The monoisotopic (exact) mass is 485 g/mol. The smallest absolute Gasteiger partial charge is 0.256 e. The number of halogens is 1. The van der Waals surface area contributed by atoms with E-state index in [2.05, 4.69) is 16.2 Å². The second kappa shape index (κ2) is 10.6. The highest BCUT2D eigenvalue weighted by molar-refractivity contribution is 5.95. The van der Waals surface area contributed by atoms with Gasteiger partial charge in [0.1, 0.15) is 5.82 Å². The van der Waals surface area contributed by atoms with Gasteiger partial charge in [-0.05, 0) is 56.3 Å². The molecule has 9 heteroatoms. The number of nitrogens with zero attached hydrogens (tertiary/aromatic N) is 2. The van der Waals surface area contributed by atoms with Crippen molar-refractivity contribution < 1.29 is 18.8 Å². The van der Waals surface area contributed by atoms with Gasteiger partial charge in [-0.25, -0.2) is 9.82 Å². The van der Waals surface area contributed by atoms with E-state index in [0.717, 1.165) is 50.6 Å². The van der Waals surface area contributed by atoms with Crippen LogP contribution in [0.15, 0.2) is 18.2 Å². The zero-order valence-corrected chi connectivity index (χ0v) is 20.2. The molecule has 4 aliphatic rings. The van der Waals surface area contributed by atoms with Crippen LogP contribution in [-0.2, 0) is 16.0 Å². The van der Waals surface area contributed by atoms with Crippen LogP contribution < -0.4 is 16.2 Å². The number of hydrazine groups is 1. The Labute approximate surface area is 205 Å². The molecule has 190 valence electrons. The molecule has 3 atom stereocenters. The molecule has 1 aromatic carbocycles. The number of hydrogen-bond donors (Lipinski definition) is 3. The van der Waals surface area contributed by atoms with E-state index >= 15 is 0 Å². The molecule has 0 radical (unpaired) electrons.